The lowest BCUT2D eigenvalue weighted by molar-refractivity contribution is -0.138. The van der Waals surface area contributed by atoms with Gasteiger partial charge in [0.05, 0.1) is 5.69 Å². The third-order valence-corrected chi connectivity index (χ3v) is 3.34. The molecule has 0 saturated carbocycles. The van der Waals surface area contributed by atoms with Gasteiger partial charge in [-0.15, -0.1) is 11.8 Å². The van der Waals surface area contributed by atoms with E-state index in [1.807, 2.05) is 6.07 Å². The number of carboxylic acids is 1. The van der Waals surface area contributed by atoms with Gasteiger partial charge in [0.25, 0.3) is 0 Å². The molecule has 17 heavy (non-hydrogen) atoms. The molecule has 1 aromatic rings. The lowest BCUT2D eigenvalue weighted by Crippen LogP contribution is -2.27. The number of benzene rings is 1. The Morgan fingerprint density at radius 1 is 1.29 bits per heavy atom. The number of anilines is 1. The Balaban J connectivity index is 2.98. The third kappa shape index (κ3) is 3.78. The molecule has 0 spiro atoms. The number of rotatable bonds is 4. The minimum atomic E-state index is -0.936. The van der Waals surface area contributed by atoms with Crippen molar-refractivity contribution in [1.29, 1.82) is 0 Å². The molecule has 0 bridgehead atoms. The minimum absolute atomic E-state index is 0.175. The molecular weight excluding hydrogens is 238 g/mol. The Labute approximate surface area is 104 Å². The van der Waals surface area contributed by atoms with Crippen LogP contribution in [0.2, 0.25) is 0 Å². The van der Waals surface area contributed by atoms with E-state index in [0.717, 1.165) is 4.90 Å². The van der Waals surface area contributed by atoms with Gasteiger partial charge in [-0.3, -0.25) is 9.59 Å². The highest BCUT2D eigenvalue weighted by Crippen LogP contribution is 2.37. The van der Waals surface area contributed by atoms with Crippen molar-refractivity contribution in [3.8, 4) is 0 Å². The maximum absolute atomic E-state index is 11.1. The van der Waals surface area contributed by atoms with E-state index in [2.05, 4.69) is 5.32 Å². The van der Waals surface area contributed by atoms with Crippen LogP contribution in [0, 0.1) is 0 Å². The van der Waals surface area contributed by atoms with Crippen LogP contribution >= 0.6 is 11.8 Å². The molecule has 0 unspecified atom stereocenters. The van der Waals surface area contributed by atoms with Crippen molar-refractivity contribution in [3.05, 3.63) is 24.3 Å². The molecule has 0 heterocycles. The van der Waals surface area contributed by atoms with Crippen LogP contribution in [0.4, 0.5) is 5.69 Å². The van der Waals surface area contributed by atoms with Crippen LogP contribution in [0.3, 0.4) is 0 Å². The summed E-state index contributed by atoms with van der Waals surface area (Å²) in [5.74, 6) is -1.06. The molecule has 1 aromatic carbocycles. The van der Waals surface area contributed by atoms with E-state index in [9.17, 15) is 9.59 Å². The fraction of sp³-hybridized carbons (Fsp3) is 0.333. The van der Waals surface area contributed by atoms with Crippen LogP contribution in [0.25, 0.3) is 0 Å². The number of carbonyl (C=O) groups is 2. The maximum atomic E-state index is 11.1. The predicted octanol–water partition coefficient (Wildman–Crippen LogP) is 2.60. The van der Waals surface area contributed by atoms with Gasteiger partial charge in [0.15, 0.2) is 0 Å². The Morgan fingerprint density at radius 2 is 1.88 bits per heavy atom. The summed E-state index contributed by atoms with van der Waals surface area (Å²) in [6, 6.07) is 7.15. The number of aliphatic carboxylic acids is 1. The largest absolute Gasteiger partial charge is 0.480 e. The summed E-state index contributed by atoms with van der Waals surface area (Å²) in [6.07, 6.45) is 0. The molecule has 0 atom stereocenters. The lowest BCUT2D eigenvalue weighted by atomic mass is 10.2. The summed E-state index contributed by atoms with van der Waals surface area (Å²) in [7, 11) is 0. The van der Waals surface area contributed by atoms with Gasteiger partial charge in [-0.2, -0.15) is 0 Å². The second kappa shape index (κ2) is 5.23. The number of amides is 1. The lowest BCUT2D eigenvalue weighted by Gasteiger charge is -2.20. The van der Waals surface area contributed by atoms with Crippen LogP contribution in [0.5, 0.6) is 0 Å². The molecule has 0 fully saturated rings. The maximum Gasteiger partial charge on any atom is 0.319 e. The van der Waals surface area contributed by atoms with E-state index >= 15 is 0 Å². The van der Waals surface area contributed by atoms with Crippen molar-refractivity contribution in [3.63, 3.8) is 0 Å². The molecule has 92 valence electrons. The molecule has 4 nitrogen and oxygen atoms in total. The second-order valence-corrected chi connectivity index (χ2v) is 5.76. The van der Waals surface area contributed by atoms with Gasteiger partial charge in [0, 0.05) is 11.8 Å². The topological polar surface area (TPSA) is 66.4 Å². The van der Waals surface area contributed by atoms with E-state index in [4.69, 9.17) is 5.11 Å². The number of carbonyl (C=O) groups excluding carboxylic acids is 1. The quantitative estimate of drug-likeness (QED) is 0.809. The van der Waals surface area contributed by atoms with Gasteiger partial charge < -0.3 is 10.4 Å². The normalized spacial score (nSPS) is 11.0. The summed E-state index contributed by atoms with van der Waals surface area (Å²) in [5, 5.41) is 11.7. The van der Waals surface area contributed by atoms with Gasteiger partial charge in [-0.25, -0.2) is 0 Å². The average Bonchev–Trinajstić information content (AvgIpc) is 2.19. The van der Waals surface area contributed by atoms with Crippen LogP contribution in [0.1, 0.15) is 20.8 Å². The van der Waals surface area contributed by atoms with Gasteiger partial charge >= 0.3 is 5.97 Å². The zero-order valence-electron chi connectivity index (χ0n) is 9.98. The first-order chi connectivity index (χ1) is 7.83. The van der Waals surface area contributed by atoms with Crippen molar-refractivity contribution in [1.82, 2.24) is 0 Å². The first-order valence-electron chi connectivity index (χ1n) is 5.12. The molecule has 0 saturated heterocycles. The van der Waals surface area contributed by atoms with E-state index in [1.165, 1.54) is 18.7 Å². The van der Waals surface area contributed by atoms with Crippen molar-refractivity contribution in [2.24, 2.45) is 0 Å². The van der Waals surface area contributed by atoms with E-state index in [-0.39, 0.29) is 5.91 Å². The van der Waals surface area contributed by atoms with Crippen LogP contribution in [-0.2, 0) is 9.59 Å². The predicted molar refractivity (Wildman–Crippen MR) is 68.3 cm³/mol. The number of hydrogen-bond acceptors (Lipinski definition) is 3. The molecule has 2 N–H and O–H groups in total. The molecule has 0 aliphatic carbocycles. The van der Waals surface area contributed by atoms with E-state index in [0.29, 0.717) is 5.69 Å². The molecule has 0 aromatic heterocycles. The fourth-order valence-electron chi connectivity index (χ4n) is 1.17. The number of carboxylic acid groups (broad SMARTS) is 1. The van der Waals surface area contributed by atoms with Crippen LogP contribution in [0.15, 0.2) is 29.2 Å². The fourth-order valence-corrected chi connectivity index (χ4v) is 2.18. The Kier molecular flexibility index (Phi) is 4.17. The molecular formula is C12H15NO3S. The SMILES string of the molecule is CC(=O)Nc1ccccc1SC(C)(C)C(=O)O. The summed E-state index contributed by atoms with van der Waals surface area (Å²) in [6.45, 7) is 4.68. The van der Waals surface area contributed by atoms with Crippen LogP contribution in [-0.4, -0.2) is 21.7 Å². The van der Waals surface area contributed by atoms with Crippen LogP contribution < -0.4 is 5.32 Å². The second-order valence-electron chi connectivity index (χ2n) is 4.09. The standard InChI is InChI=1S/C12H15NO3S/c1-8(14)13-9-6-4-5-7-10(9)17-12(2,3)11(15)16/h4-7H,1-3H3,(H,13,14)(H,15,16). The molecule has 0 aliphatic heterocycles. The molecule has 0 radical (unpaired) electrons. The summed E-state index contributed by atoms with van der Waals surface area (Å²) in [5.41, 5.74) is 0.638. The first-order valence-corrected chi connectivity index (χ1v) is 5.93. The van der Waals surface area contributed by atoms with Crippen molar-refractivity contribution in [2.45, 2.75) is 30.4 Å². The highest BCUT2D eigenvalue weighted by atomic mass is 32.2. The Bertz CT molecular complexity index is 443. The van der Waals surface area contributed by atoms with Crippen molar-refractivity contribution < 1.29 is 14.7 Å². The molecule has 0 aliphatic rings. The third-order valence-electron chi connectivity index (χ3n) is 2.08. The molecule has 1 amide bonds. The molecule has 1 rings (SSSR count). The summed E-state index contributed by atoms with van der Waals surface area (Å²) < 4.78 is -0.936. The zero-order chi connectivity index (χ0) is 13.1. The summed E-state index contributed by atoms with van der Waals surface area (Å²) in [4.78, 5) is 22.8. The highest BCUT2D eigenvalue weighted by molar-refractivity contribution is 8.01. The van der Waals surface area contributed by atoms with Crippen molar-refractivity contribution in [2.75, 3.05) is 5.32 Å². The smallest absolute Gasteiger partial charge is 0.319 e. The number of para-hydroxylation sites is 1. The van der Waals surface area contributed by atoms with Gasteiger partial charge in [-0.05, 0) is 26.0 Å². The number of nitrogens with one attached hydrogen (secondary N) is 1. The average molecular weight is 253 g/mol. The van der Waals surface area contributed by atoms with E-state index < -0.39 is 10.7 Å². The van der Waals surface area contributed by atoms with Crippen molar-refractivity contribution >= 4 is 29.3 Å². The number of hydrogen-bond donors (Lipinski definition) is 2. The molecule has 5 heteroatoms. The first kappa shape index (κ1) is 13.6. The Morgan fingerprint density at radius 3 is 2.41 bits per heavy atom. The number of thioether (sulfide) groups is 1. The van der Waals surface area contributed by atoms with Gasteiger partial charge in [0.1, 0.15) is 4.75 Å². The Hall–Kier alpha value is -1.49. The van der Waals surface area contributed by atoms with Gasteiger partial charge in [-0.1, -0.05) is 12.1 Å². The van der Waals surface area contributed by atoms with Gasteiger partial charge in [0.2, 0.25) is 5.91 Å². The zero-order valence-corrected chi connectivity index (χ0v) is 10.8. The minimum Gasteiger partial charge on any atom is -0.480 e. The highest BCUT2D eigenvalue weighted by Gasteiger charge is 2.29. The van der Waals surface area contributed by atoms with E-state index in [1.54, 1.807) is 32.0 Å². The monoisotopic (exact) mass is 253 g/mol. The summed E-state index contributed by atoms with van der Waals surface area (Å²) >= 11 is 1.21.